The van der Waals surface area contributed by atoms with E-state index in [9.17, 15) is 9.59 Å². The maximum absolute atomic E-state index is 12.2. The van der Waals surface area contributed by atoms with Crippen molar-refractivity contribution in [1.29, 1.82) is 0 Å². The minimum atomic E-state index is -0.192. The van der Waals surface area contributed by atoms with Crippen molar-refractivity contribution in [1.82, 2.24) is 0 Å². The van der Waals surface area contributed by atoms with E-state index in [0.717, 1.165) is 6.42 Å². The molecule has 17 heavy (non-hydrogen) atoms. The van der Waals surface area contributed by atoms with Crippen molar-refractivity contribution < 1.29 is 14.3 Å². The molecule has 3 nitrogen and oxygen atoms in total. The van der Waals surface area contributed by atoms with Gasteiger partial charge in [-0.2, -0.15) is 0 Å². The first-order valence-electron chi connectivity index (χ1n) is 6.10. The van der Waals surface area contributed by atoms with Crippen molar-refractivity contribution in [3.8, 4) is 0 Å². The van der Waals surface area contributed by atoms with Gasteiger partial charge in [0.15, 0.2) is 11.6 Å². The number of carbonyl (C=O) groups is 2. The molecule has 0 aliphatic heterocycles. The minimum absolute atomic E-state index is 0.0508. The highest BCUT2D eigenvalue weighted by atomic mass is 16.5. The summed E-state index contributed by atoms with van der Waals surface area (Å²) in [4.78, 5) is 24.0. The Morgan fingerprint density at radius 3 is 2.59 bits per heavy atom. The van der Waals surface area contributed by atoms with Gasteiger partial charge < -0.3 is 4.74 Å². The SMILES string of the molecule is COC(C)CC(=O)C1=C(C)C(=O)CCC1(C)C. The molecule has 0 aromatic rings. The molecule has 0 bridgehead atoms. The summed E-state index contributed by atoms with van der Waals surface area (Å²) in [7, 11) is 1.59. The summed E-state index contributed by atoms with van der Waals surface area (Å²) in [6, 6.07) is 0. The topological polar surface area (TPSA) is 43.4 Å². The minimum Gasteiger partial charge on any atom is -0.381 e. The molecule has 0 radical (unpaired) electrons. The van der Waals surface area contributed by atoms with Crippen molar-refractivity contribution in [3.63, 3.8) is 0 Å². The standard InChI is InChI=1S/C14H22O3/c1-9(17-5)8-12(16)13-10(2)11(15)6-7-14(13,3)4/h9H,6-8H2,1-5H3. The van der Waals surface area contributed by atoms with Crippen LogP contribution in [-0.4, -0.2) is 24.8 Å². The van der Waals surface area contributed by atoms with Crippen LogP contribution in [0.25, 0.3) is 0 Å². The largest absolute Gasteiger partial charge is 0.381 e. The van der Waals surface area contributed by atoms with E-state index in [2.05, 4.69) is 0 Å². The number of hydrogen-bond acceptors (Lipinski definition) is 3. The van der Waals surface area contributed by atoms with Crippen LogP contribution in [0.5, 0.6) is 0 Å². The first-order valence-corrected chi connectivity index (χ1v) is 6.10. The van der Waals surface area contributed by atoms with Crippen LogP contribution in [0.4, 0.5) is 0 Å². The lowest BCUT2D eigenvalue weighted by Gasteiger charge is -2.33. The van der Waals surface area contributed by atoms with E-state index < -0.39 is 0 Å². The zero-order valence-electron chi connectivity index (χ0n) is 11.4. The lowest BCUT2D eigenvalue weighted by molar-refractivity contribution is -0.121. The smallest absolute Gasteiger partial charge is 0.162 e. The van der Waals surface area contributed by atoms with E-state index in [0.29, 0.717) is 24.0 Å². The highest BCUT2D eigenvalue weighted by Gasteiger charge is 2.36. The van der Waals surface area contributed by atoms with Crippen LogP contribution in [-0.2, 0) is 14.3 Å². The number of rotatable bonds is 4. The summed E-state index contributed by atoms with van der Waals surface area (Å²) in [5.74, 6) is 0.160. The van der Waals surface area contributed by atoms with Crippen LogP contribution in [0.15, 0.2) is 11.1 Å². The zero-order valence-corrected chi connectivity index (χ0v) is 11.4. The first kappa shape index (κ1) is 14.1. The average Bonchev–Trinajstić information content (AvgIpc) is 2.23. The van der Waals surface area contributed by atoms with Gasteiger partial charge >= 0.3 is 0 Å². The van der Waals surface area contributed by atoms with Gasteiger partial charge in [-0.3, -0.25) is 9.59 Å². The summed E-state index contributed by atoms with van der Waals surface area (Å²) in [5, 5.41) is 0. The van der Waals surface area contributed by atoms with E-state index in [4.69, 9.17) is 4.74 Å². The molecule has 0 saturated carbocycles. The molecule has 0 fully saturated rings. The normalized spacial score (nSPS) is 21.6. The number of methoxy groups -OCH3 is 1. The van der Waals surface area contributed by atoms with Gasteiger partial charge in [-0.25, -0.2) is 0 Å². The van der Waals surface area contributed by atoms with E-state index in [1.807, 2.05) is 20.8 Å². The Bertz CT molecular complexity index is 364. The van der Waals surface area contributed by atoms with Crippen molar-refractivity contribution in [2.24, 2.45) is 5.41 Å². The second-order valence-electron chi connectivity index (χ2n) is 5.48. The van der Waals surface area contributed by atoms with Crippen LogP contribution in [0, 0.1) is 5.41 Å². The maximum atomic E-state index is 12.2. The number of carbonyl (C=O) groups excluding carboxylic acids is 2. The Hall–Kier alpha value is -0.960. The summed E-state index contributed by atoms with van der Waals surface area (Å²) >= 11 is 0. The van der Waals surface area contributed by atoms with Crippen LogP contribution in [0.3, 0.4) is 0 Å². The third-order valence-electron chi connectivity index (χ3n) is 3.60. The Balaban J connectivity index is 3.02. The molecule has 96 valence electrons. The fourth-order valence-electron chi connectivity index (χ4n) is 2.42. The fraction of sp³-hybridized carbons (Fsp3) is 0.714. The Morgan fingerprint density at radius 2 is 2.06 bits per heavy atom. The molecule has 0 aromatic carbocycles. The number of hydrogen-bond donors (Lipinski definition) is 0. The van der Waals surface area contributed by atoms with Gasteiger partial charge in [0.25, 0.3) is 0 Å². The summed E-state index contributed by atoms with van der Waals surface area (Å²) < 4.78 is 5.11. The number of Topliss-reactive ketones (excluding diaryl/α,β-unsaturated/α-hetero) is 2. The zero-order chi connectivity index (χ0) is 13.2. The molecule has 1 aliphatic rings. The number of ketones is 2. The molecule has 0 amide bonds. The second kappa shape index (κ2) is 5.13. The van der Waals surface area contributed by atoms with Crippen LogP contribution in [0.2, 0.25) is 0 Å². The third-order valence-corrected chi connectivity index (χ3v) is 3.60. The molecule has 1 rings (SSSR count). The van der Waals surface area contributed by atoms with E-state index in [1.54, 1.807) is 14.0 Å². The lowest BCUT2D eigenvalue weighted by Crippen LogP contribution is -2.31. The first-order chi connectivity index (χ1) is 7.79. The molecule has 0 aromatic heterocycles. The van der Waals surface area contributed by atoms with Gasteiger partial charge in [0, 0.05) is 25.5 Å². The molecular weight excluding hydrogens is 216 g/mol. The average molecular weight is 238 g/mol. The van der Waals surface area contributed by atoms with E-state index in [1.165, 1.54) is 0 Å². The molecule has 0 spiro atoms. The Morgan fingerprint density at radius 1 is 1.47 bits per heavy atom. The van der Waals surface area contributed by atoms with Gasteiger partial charge in [0.05, 0.1) is 6.10 Å². The van der Waals surface area contributed by atoms with Crippen LogP contribution < -0.4 is 0 Å². The Labute approximate surface area is 103 Å². The van der Waals surface area contributed by atoms with E-state index in [-0.39, 0.29) is 23.1 Å². The molecule has 1 aliphatic carbocycles. The second-order valence-corrected chi connectivity index (χ2v) is 5.48. The van der Waals surface area contributed by atoms with Crippen molar-refractivity contribution in [2.75, 3.05) is 7.11 Å². The molecular formula is C14H22O3. The molecule has 1 atom stereocenters. The fourth-order valence-corrected chi connectivity index (χ4v) is 2.42. The lowest BCUT2D eigenvalue weighted by atomic mass is 9.70. The van der Waals surface area contributed by atoms with Crippen molar-refractivity contribution >= 4 is 11.6 Å². The quantitative estimate of drug-likeness (QED) is 0.756. The molecule has 0 saturated heterocycles. The summed E-state index contributed by atoms with van der Waals surface area (Å²) in [5.41, 5.74) is 1.16. The Kier molecular flexibility index (Phi) is 4.26. The number of allylic oxidation sites excluding steroid dienone is 2. The monoisotopic (exact) mass is 238 g/mol. The van der Waals surface area contributed by atoms with E-state index >= 15 is 0 Å². The van der Waals surface area contributed by atoms with Crippen molar-refractivity contribution in [2.45, 2.75) is 53.1 Å². The van der Waals surface area contributed by atoms with Gasteiger partial charge in [0.2, 0.25) is 0 Å². The molecule has 0 N–H and O–H groups in total. The molecule has 0 heterocycles. The van der Waals surface area contributed by atoms with Gasteiger partial charge in [-0.05, 0) is 31.3 Å². The highest BCUT2D eigenvalue weighted by Crippen LogP contribution is 2.39. The summed E-state index contributed by atoms with van der Waals surface area (Å²) in [6.07, 6.45) is 1.55. The molecule has 1 unspecified atom stereocenters. The maximum Gasteiger partial charge on any atom is 0.162 e. The molecule has 3 heteroatoms. The summed E-state index contributed by atoms with van der Waals surface area (Å²) in [6.45, 7) is 7.71. The predicted molar refractivity (Wildman–Crippen MR) is 66.8 cm³/mol. The van der Waals surface area contributed by atoms with Gasteiger partial charge in [-0.1, -0.05) is 13.8 Å². The number of ether oxygens (including phenoxy) is 1. The van der Waals surface area contributed by atoms with Crippen LogP contribution in [0.1, 0.15) is 47.0 Å². The van der Waals surface area contributed by atoms with Crippen LogP contribution >= 0.6 is 0 Å². The van der Waals surface area contributed by atoms with Gasteiger partial charge in [0.1, 0.15) is 0 Å². The van der Waals surface area contributed by atoms with Crippen molar-refractivity contribution in [3.05, 3.63) is 11.1 Å². The van der Waals surface area contributed by atoms with Gasteiger partial charge in [-0.15, -0.1) is 0 Å². The predicted octanol–water partition coefficient (Wildman–Crippen LogP) is 2.69. The third kappa shape index (κ3) is 3.03. The highest BCUT2D eigenvalue weighted by molar-refractivity contribution is 6.08.